The number of nitrogens with zero attached hydrogens (tertiary/aromatic N) is 4. The van der Waals surface area contributed by atoms with Crippen LogP contribution in [0.5, 0.6) is 11.5 Å². The van der Waals surface area contributed by atoms with Gasteiger partial charge in [-0.05, 0) is 63.7 Å². The summed E-state index contributed by atoms with van der Waals surface area (Å²) in [5.41, 5.74) is 6.88. The Morgan fingerprint density at radius 1 is 0.672 bits per heavy atom. The molecular weight excluding hydrogens is 928 g/mol. The van der Waals surface area contributed by atoms with E-state index in [0.717, 1.165) is 44.4 Å². The molecule has 0 saturated carbocycles. The van der Waals surface area contributed by atoms with Gasteiger partial charge in [-0.1, -0.05) is 149 Å². The first-order chi connectivity index (χ1) is 32.9. The Balaban J connectivity index is 0.00000608. The molecule has 10 rings (SSSR count). The molecule has 3 heterocycles. The van der Waals surface area contributed by atoms with Gasteiger partial charge in [-0.25, -0.2) is 4.98 Å². The Morgan fingerprint density at radius 2 is 1.38 bits per heavy atom. The van der Waals surface area contributed by atoms with Crippen LogP contribution in [0.15, 0.2) is 170 Å². The van der Waals surface area contributed by atoms with E-state index in [2.05, 4.69) is 69.5 Å². The molecule has 304 valence electrons. The number of aromatic nitrogens is 2. The third-order valence-electron chi connectivity index (χ3n) is 10.9. The Bertz CT molecular complexity index is 3540. The maximum Gasteiger partial charge on any atom is 0.135 e. The average Bonchev–Trinajstić information content (AvgIpc) is 3.89. The van der Waals surface area contributed by atoms with Crippen LogP contribution in [0.3, 0.4) is 0 Å². The summed E-state index contributed by atoms with van der Waals surface area (Å²) in [4.78, 5) is 8.60. The van der Waals surface area contributed by atoms with Crippen molar-refractivity contribution in [1.29, 1.82) is 0 Å². The Morgan fingerprint density at radius 3 is 2.15 bits per heavy atom. The first-order valence-electron chi connectivity index (χ1n) is 24.4. The van der Waals surface area contributed by atoms with Gasteiger partial charge in [0.25, 0.3) is 0 Å². The molecule has 1 aliphatic rings. The maximum absolute atomic E-state index is 9.05. The van der Waals surface area contributed by atoms with Gasteiger partial charge in [0.15, 0.2) is 0 Å². The summed E-state index contributed by atoms with van der Waals surface area (Å²) < 4.78 is 87.0. The number of anilines is 4. The number of ether oxygens (including phenoxy) is 1. The van der Waals surface area contributed by atoms with Crippen LogP contribution >= 0.6 is 0 Å². The van der Waals surface area contributed by atoms with E-state index < -0.39 is 42.3 Å². The second-order valence-electron chi connectivity index (χ2n) is 16.1. The molecule has 1 aliphatic heterocycles. The van der Waals surface area contributed by atoms with Crippen LogP contribution in [0.25, 0.3) is 49.9 Å². The molecule has 0 N–H and O–H groups in total. The van der Waals surface area contributed by atoms with Crippen molar-refractivity contribution in [2.75, 3.05) is 9.80 Å². The van der Waals surface area contributed by atoms with Crippen molar-refractivity contribution in [2.24, 2.45) is 0 Å². The molecule has 0 unspecified atom stereocenters. The molecule has 6 heteroatoms. The minimum Gasteiger partial charge on any atom is -0.509 e. The van der Waals surface area contributed by atoms with Crippen molar-refractivity contribution in [2.45, 2.75) is 46.0 Å². The van der Waals surface area contributed by atoms with E-state index >= 15 is 0 Å². The van der Waals surface area contributed by atoms with Crippen molar-refractivity contribution < 1.29 is 38.1 Å². The molecule has 0 saturated heterocycles. The minimum absolute atomic E-state index is 0. The van der Waals surface area contributed by atoms with E-state index in [4.69, 9.17) is 22.1 Å². The first-order valence-corrected chi connectivity index (χ1v) is 19.9. The fourth-order valence-electron chi connectivity index (χ4n) is 7.88. The van der Waals surface area contributed by atoms with Crippen molar-refractivity contribution >= 4 is 44.6 Å². The second-order valence-corrected chi connectivity index (χ2v) is 16.1. The van der Waals surface area contributed by atoms with Gasteiger partial charge < -0.3 is 19.1 Å². The molecule has 9 aromatic rings. The number of fused-ring (bicyclic) bond motifs is 4. The van der Waals surface area contributed by atoms with Gasteiger partial charge in [0.2, 0.25) is 0 Å². The minimum atomic E-state index is -0.533. The number of pyridine rings is 1. The van der Waals surface area contributed by atoms with E-state index in [0.29, 0.717) is 34.1 Å². The third-order valence-corrected chi connectivity index (χ3v) is 10.9. The molecule has 0 atom stereocenters. The standard InChI is InChI=1S/C55H45N4O.Pt/c1-37(2)40-31-42(34-44(32-40)60-43-27-28-48-47-21-12-13-24-49(47)59(52(48)35-43)53-33-41(29-30-56-53)55(3,4)5)57-36-58(51-26-15-14-25-50(51)57)54-45(38-17-8-6-9-18-38)22-16-23-46(54)39-19-10-7-11-20-39;/h6-33,36-37H,1-5H3;/q-3;/i6D,7D,8D,9D,10D,11D,17D,18D,19D;. The van der Waals surface area contributed by atoms with E-state index in [9.17, 15) is 0 Å². The van der Waals surface area contributed by atoms with Gasteiger partial charge in [-0.3, -0.25) is 0 Å². The normalized spacial score (nSPS) is 14.6. The van der Waals surface area contributed by atoms with Crippen molar-refractivity contribution in [3.8, 4) is 39.6 Å². The Kier molecular flexibility index (Phi) is 8.13. The molecule has 7 aromatic carbocycles. The fraction of sp³-hybridized carbons (Fsp3) is 0.127. The van der Waals surface area contributed by atoms with Gasteiger partial charge in [-0.15, -0.1) is 53.6 Å². The SMILES string of the molecule is [2H]c1cc(-c2cccc(-c3c([2H])c([2H])c([2H])c([2H])c3[2H])c2N2[CH-]N(c3[c-]c(Oc4[c-]c5c(cc4)c4ccccc4n5-c4cc(C(C)(C)C)ccn4)cc(C(C)C)c3)c3ccccc32)c([2H])c([2H])c1[2H].[Pt]. The molecule has 0 fully saturated rings. The largest absolute Gasteiger partial charge is 0.509 e. The number of hydrogen-bond donors (Lipinski definition) is 0. The molecular formula is C55H45N4OPt-3. The molecule has 0 bridgehead atoms. The number of benzene rings is 7. The van der Waals surface area contributed by atoms with E-state index in [1.54, 1.807) is 18.2 Å². The van der Waals surface area contributed by atoms with Crippen molar-refractivity contribution in [3.63, 3.8) is 0 Å². The second kappa shape index (κ2) is 16.2. The monoisotopic (exact) mass is 981 g/mol. The summed E-state index contributed by atoms with van der Waals surface area (Å²) in [6.07, 6.45) is 1.84. The summed E-state index contributed by atoms with van der Waals surface area (Å²) in [5, 5.41) is 2.06. The number of rotatable bonds is 8. The van der Waals surface area contributed by atoms with E-state index in [-0.39, 0.29) is 61.2 Å². The zero-order valence-electron chi connectivity index (χ0n) is 43.1. The zero-order chi connectivity index (χ0) is 48.8. The molecule has 2 aromatic heterocycles. The zero-order valence-corrected chi connectivity index (χ0v) is 36.4. The van der Waals surface area contributed by atoms with Gasteiger partial charge in [0, 0.05) is 72.5 Å². The third kappa shape index (κ3) is 7.42. The number of hydrogen-bond acceptors (Lipinski definition) is 4. The summed E-state index contributed by atoms with van der Waals surface area (Å²) in [5.74, 6) is 1.75. The molecule has 5 nitrogen and oxygen atoms in total. The van der Waals surface area contributed by atoms with Crippen molar-refractivity contribution in [3.05, 3.63) is 200 Å². The molecule has 61 heavy (non-hydrogen) atoms. The fourth-order valence-corrected chi connectivity index (χ4v) is 7.88. The van der Waals surface area contributed by atoms with Crippen LogP contribution in [-0.4, -0.2) is 9.55 Å². The quantitative estimate of drug-likeness (QED) is 0.142. The van der Waals surface area contributed by atoms with E-state index in [1.165, 1.54) is 6.07 Å². The first kappa shape index (κ1) is 30.6. The summed E-state index contributed by atoms with van der Waals surface area (Å²) in [6.45, 7) is 12.6. The predicted octanol–water partition coefficient (Wildman–Crippen LogP) is 14.7. The van der Waals surface area contributed by atoms with Gasteiger partial charge in [-0.2, -0.15) is 6.07 Å². The topological polar surface area (TPSA) is 33.5 Å². The van der Waals surface area contributed by atoms with Crippen LogP contribution in [0.4, 0.5) is 22.7 Å². The molecule has 0 spiro atoms. The average molecular weight is 982 g/mol. The van der Waals surface area contributed by atoms with Crippen LogP contribution in [0.2, 0.25) is 0 Å². The Hall–Kier alpha value is -6.42. The van der Waals surface area contributed by atoms with Crippen LogP contribution < -0.4 is 14.5 Å². The van der Waals surface area contributed by atoms with Gasteiger partial charge in [0.1, 0.15) is 5.82 Å². The summed E-state index contributed by atoms with van der Waals surface area (Å²) in [6, 6.07) is 37.7. The van der Waals surface area contributed by atoms with Crippen LogP contribution in [0, 0.1) is 18.8 Å². The predicted molar refractivity (Wildman–Crippen MR) is 248 cm³/mol. The smallest absolute Gasteiger partial charge is 0.135 e. The number of para-hydroxylation sites is 4. The molecule has 0 aliphatic carbocycles. The van der Waals surface area contributed by atoms with Gasteiger partial charge >= 0.3 is 0 Å². The summed E-state index contributed by atoms with van der Waals surface area (Å²) in [7, 11) is 0. The van der Waals surface area contributed by atoms with Gasteiger partial charge in [0.05, 0.1) is 12.3 Å². The molecule has 0 amide bonds. The van der Waals surface area contributed by atoms with E-state index in [1.807, 2.05) is 89.4 Å². The molecule has 0 radical (unpaired) electrons. The maximum atomic E-state index is 9.05. The van der Waals surface area contributed by atoms with Crippen LogP contribution in [-0.2, 0) is 26.5 Å². The van der Waals surface area contributed by atoms with Crippen molar-refractivity contribution in [1.82, 2.24) is 9.55 Å². The van der Waals surface area contributed by atoms with Crippen LogP contribution in [0.1, 0.15) is 64.0 Å². The summed E-state index contributed by atoms with van der Waals surface area (Å²) >= 11 is 0. The Labute approximate surface area is 385 Å².